The van der Waals surface area contributed by atoms with Crippen LogP contribution in [0, 0.1) is 41.4 Å². The molecule has 0 saturated carbocycles. The van der Waals surface area contributed by atoms with Gasteiger partial charge in [-0.2, -0.15) is 5.21 Å². The number of piperidine rings is 1. The smallest absolute Gasteiger partial charge is 0.219 e. The summed E-state index contributed by atoms with van der Waals surface area (Å²) in [6.45, 7) is 86.4. The number of H-pyrrole nitrogens is 1. The SMILES string of the molecule is C=O.C=O.C=O.C=O.C=O.C=O.C=O.C=O.C=O.C=O.C=O.CC.CC.CC(=O)N1CCCCC1.CCC(C)C.CCC(C)C.CCC(C)C.CCC(C)C.CCC(C)C.CCC(C)C.CCC(C)C.CCc1ccccc1.CCc1ccccc1.CCc1nn[nH]n1.CN.CN.CN.CN.CN.N.N.N.N.N.N. The van der Waals surface area contributed by atoms with Gasteiger partial charge < -0.3 is 123 Å². The van der Waals surface area contributed by atoms with Crippen LogP contribution >= 0.6 is 0 Å². The second-order valence-corrected chi connectivity index (χ2v) is 20.0. The normalized spacial score (nSPS) is 7.45. The Morgan fingerprint density at radius 3 is 0.560 bits per heavy atom. The topological polar surface area (TPSA) is 603 Å². The van der Waals surface area contributed by atoms with Crippen LogP contribution in [0.3, 0.4) is 0 Å². The molecule has 0 unspecified atom stereocenters. The molecule has 1 aliphatic heterocycles. The summed E-state index contributed by atoms with van der Waals surface area (Å²) in [7, 11) is 7.50. The number of aromatic amines is 1. The molecule has 28 nitrogen and oxygen atoms in total. The number of likely N-dealkylation sites (tertiary alicyclic amines) is 1. The number of nitrogens with one attached hydrogen (secondary N) is 1. The van der Waals surface area contributed by atoms with Gasteiger partial charge >= 0.3 is 0 Å². The first-order valence-corrected chi connectivity index (χ1v) is 35.6. The number of tetrazole rings is 1. The standard InChI is InChI=1S/2C8H10.C7H13NO.7C5H12.C3H6N4.2C2H6.5CH5N.11CH2O.6H3N/c2*1-2-8-6-4-3-5-7-8;1-7(9)8-5-3-2-4-6-8;7*1-4-5(2)3;1-2-3-4-6-7-5-3;18*1-2;;;;;;/h2*3-7H,2H2,1H3;2-6H2,1H3;7*5H,4H2,1-3H3;2H2,1H3,(H,4,5,6,7);2*1-2H3;5*2H2,1H3;11*1H2;6*1H3. The van der Waals surface area contributed by atoms with Crippen LogP contribution in [0.2, 0.25) is 0 Å². The third kappa shape index (κ3) is 430. The quantitative estimate of drug-likeness (QED) is 0.0897. The average Bonchev–Trinajstić information content (AvgIpc) is 1.70. The van der Waals surface area contributed by atoms with Gasteiger partial charge in [0.2, 0.25) is 5.91 Å². The van der Waals surface area contributed by atoms with Crippen LogP contribution in [0.15, 0.2) is 60.7 Å². The van der Waals surface area contributed by atoms with Crippen LogP contribution in [-0.4, -0.2) is 154 Å². The fraction of sp³-hybridized carbons (Fsp3) is 0.691. The summed E-state index contributed by atoms with van der Waals surface area (Å²) in [5.74, 6) is 7.18. The second-order valence-electron chi connectivity index (χ2n) is 20.0. The minimum absolute atomic E-state index is 0. The molecule has 109 heavy (non-hydrogen) atoms. The van der Waals surface area contributed by atoms with Gasteiger partial charge in [0.05, 0.1) is 0 Å². The molecule has 2 aromatic carbocycles. The van der Waals surface area contributed by atoms with E-state index in [1.54, 1.807) is 6.92 Å². The molecule has 1 aliphatic rings. The molecule has 1 fully saturated rings. The number of carbonyl (C=O) groups excluding carboxylic acids is 12. The van der Waals surface area contributed by atoms with Crippen molar-refractivity contribution in [3.63, 3.8) is 0 Å². The van der Waals surface area contributed by atoms with E-state index in [0.717, 1.165) is 79.6 Å². The van der Waals surface area contributed by atoms with Gasteiger partial charge in [-0.1, -0.05) is 305 Å². The molecule has 28 heteroatoms. The van der Waals surface area contributed by atoms with Crippen molar-refractivity contribution >= 4 is 80.6 Å². The second kappa shape index (κ2) is 300. The van der Waals surface area contributed by atoms with Gasteiger partial charge in [0.1, 0.15) is 74.7 Å². The number of nitrogens with two attached hydrogens (primary N) is 5. The van der Waals surface area contributed by atoms with Crippen LogP contribution in [-0.2, 0) is 76.8 Å². The lowest BCUT2D eigenvalue weighted by molar-refractivity contribution is -0.129. The lowest BCUT2D eigenvalue weighted by atomic mass is 10.1. The maximum Gasteiger partial charge on any atom is 0.219 e. The van der Waals surface area contributed by atoms with E-state index in [1.807, 2.05) is 126 Å². The van der Waals surface area contributed by atoms with Gasteiger partial charge in [-0.05, 0) is 120 Å². The molecular formula is C81H200N16O12. The first-order chi connectivity index (χ1) is 49.5. The van der Waals surface area contributed by atoms with E-state index in [-0.39, 0.29) is 42.8 Å². The van der Waals surface area contributed by atoms with Crippen molar-refractivity contribution in [2.45, 2.75) is 284 Å². The number of benzene rings is 2. The zero-order valence-corrected chi connectivity index (χ0v) is 78.5. The molecule has 1 saturated heterocycles. The minimum Gasteiger partial charge on any atom is -0.344 e. The Morgan fingerprint density at radius 2 is 0.486 bits per heavy atom. The van der Waals surface area contributed by atoms with E-state index >= 15 is 0 Å². The highest BCUT2D eigenvalue weighted by Gasteiger charge is 2.11. The zero-order valence-electron chi connectivity index (χ0n) is 78.5. The van der Waals surface area contributed by atoms with Gasteiger partial charge in [-0.25, -0.2) is 0 Å². The summed E-state index contributed by atoms with van der Waals surface area (Å²) in [5.41, 5.74) is 25.3. The molecule has 676 valence electrons. The fourth-order valence-corrected chi connectivity index (χ4v) is 2.97. The first kappa shape index (κ1) is 206. The van der Waals surface area contributed by atoms with Crippen LogP contribution in [0.4, 0.5) is 0 Å². The summed E-state index contributed by atoms with van der Waals surface area (Å²) in [4.78, 5) is 101. The number of nitrogens with zero attached hydrogens (tertiary/aromatic N) is 4. The van der Waals surface area contributed by atoms with E-state index in [2.05, 4.69) is 257 Å². The van der Waals surface area contributed by atoms with E-state index in [4.69, 9.17) is 52.7 Å². The van der Waals surface area contributed by atoms with Crippen molar-refractivity contribution in [1.29, 1.82) is 0 Å². The van der Waals surface area contributed by atoms with Crippen LogP contribution in [0.5, 0.6) is 0 Å². The Kier molecular flexibility index (Phi) is 569. The van der Waals surface area contributed by atoms with Crippen molar-refractivity contribution in [2.24, 2.45) is 70.1 Å². The van der Waals surface area contributed by atoms with Crippen molar-refractivity contribution in [1.82, 2.24) is 62.4 Å². The van der Waals surface area contributed by atoms with Crippen molar-refractivity contribution < 1.29 is 57.5 Å². The lowest BCUT2D eigenvalue weighted by Gasteiger charge is -2.24. The highest BCUT2D eigenvalue weighted by Crippen LogP contribution is 2.08. The minimum atomic E-state index is 0. The van der Waals surface area contributed by atoms with Crippen molar-refractivity contribution in [3.05, 3.63) is 77.6 Å². The molecule has 0 radical (unpaired) electrons. The third-order valence-corrected chi connectivity index (χ3v) is 10.7. The Balaban J connectivity index is -0.0000000203. The Labute approximate surface area is 678 Å². The fourth-order valence-electron chi connectivity index (χ4n) is 2.97. The van der Waals surface area contributed by atoms with Gasteiger partial charge in [0, 0.05) is 26.4 Å². The van der Waals surface area contributed by atoms with Crippen LogP contribution in [0.1, 0.15) is 282 Å². The maximum atomic E-state index is 10.7. The number of aryl methyl sites for hydroxylation is 3. The van der Waals surface area contributed by atoms with Crippen molar-refractivity contribution in [3.8, 4) is 0 Å². The number of rotatable bonds is 10. The van der Waals surface area contributed by atoms with E-state index in [1.165, 1.54) is 111 Å². The number of hydrogen-bond donors (Lipinski definition) is 12. The molecule has 0 aliphatic carbocycles. The summed E-state index contributed by atoms with van der Waals surface area (Å²) in [6.07, 6.45) is 15.9. The molecular weight excluding hydrogens is 1390 g/mol. The van der Waals surface area contributed by atoms with Crippen molar-refractivity contribution in [2.75, 3.05) is 48.3 Å². The summed E-state index contributed by atoms with van der Waals surface area (Å²) in [5, 5.41) is 13.1. The van der Waals surface area contributed by atoms with Crippen LogP contribution < -0.4 is 65.6 Å². The molecule has 1 aromatic heterocycles. The first-order valence-electron chi connectivity index (χ1n) is 35.6. The molecule has 2 heterocycles. The predicted octanol–water partition coefficient (Wildman–Crippen LogP) is 18.5. The third-order valence-electron chi connectivity index (χ3n) is 10.7. The number of aromatic nitrogens is 4. The summed E-state index contributed by atoms with van der Waals surface area (Å²) < 4.78 is 0. The number of amides is 1. The number of hydrogen-bond acceptors (Lipinski definition) is 26. The van der Waals surface area contributed by atoms with E-state index in [9.17, 15) is 4.79 Å². The monoisotopic (exact) mass is 1590 g/mol. The van der Waals surface area contributed by atoms with E-state index < -0.39 is 0 Å². The van der Waals surface area contributed by atoms with Gasteiger partial charge in [-0.3, -0.25) is 4.79 Å². The molecule has 0 atom stereocenters. The molecule has 0 spiro atoms. The van der Waals surface area contributed by atoms with E-state index in [0.29, 0.717) is 0 Å². The summed E-state index contributed by atoms with van der Waals surface area (Å²) in [6, 6.07) is 20.9. The number of carbonyl (C=O) groups is 12. The molecule has 29 N–H and O–H groups in total. The Bertz CT molecular complexity index is 1340. The average molecular weight is 1590 g/mol. The Hall–Kier alpha value is -7.09. The molecule has 3 aromatic rings. The van der Waals surface area contributed by atoms with Crippen LogP contribution in [0.25, 0.3) is 0 Å². The predicted molar refractivity (Wildman–Crippen MR) is 489 cm³/mol. The molecule has 0 bridgehead atoms. The molecule has 1 amide bonds. The highest BCUT2D eigenvalue weighted by atomic mass is 16.2. The highest BCUT2D eigenvalue weighted by molar-refractivity contribution is 5.73. The lowest BCUT2D eigenvalue weighted by Crippen LogP contribution is -2.33. The molecule has 4 rings (SSSR count). The summed E-state index contributed by atoms with van der Waals surface area (Å²) >= 11 is 0. The van der Waals surface area contributed by atoms with Gasteiger partial charge in [-0.15, -0.1) is 10.2 Å². The van der Waals surface area contributed by atoms with Gasteiger partial charge in [0.25, 0.3) is 0 Å². The Morgan fingerprint density at radius 1 is 0.330 bits per heavy atom. The zero-order chi connectivity index (χ0) is 89.4. The maximum absolute atomic E-state index is 10.7. The van der Waals surface area contributed by atoms with Gasteiger partial charge in [0.15, 0.2) is 5.82 Å². The largest absolute Gasteiger partial charge is 0.344 e.